The number of rotatable bonds is 4. The summed E-state index contributed by atoms with van der Waals surface area (Å²) in [7, 11) is 0. The van der Waals surface area contributed by atoms with Crippen molar-refractivity contribution in [2.45, 2.75) is 6.92 Å². The Bertz CT molecular complexity index is 446. The van der Waals surface area contributed by atoms with Crippen LogP contribution in [0.4, 0.5) is 0 Å². The molecular weight excluding hydrogens is 420 g/mol. The number of hydrogen-bond acceptors (Lipinski definition) is 2. The molecule has 0 atom stereocenters. The summed E-state index contributed by atoms with van der Waals surface area (Å²) in [5.74, 6) is -0.327. The van der Waals surface area contributed by atoms with Gasteiger partial charge in [0.05, 0.1) is 8.95 Å². The summed E-state index contributed by atoms with van der Waals surface area (Å²) >= 11 is 10.1. The van der Waals surface area contributed by atoms with Crippen LogP contribution in [-0.4, -0.2) is 17.7 Å². The number of hydrogen-bond donors (Lipinski definition) is 1. The molecule has 0 spiro atoms. The molecule has 0 aromatic heterocycles. The fourth-order valence-corrected chi connectivity index (χ4v) is 3.59. The number of ether oxygens (including phenoxy) is 1. The Morgan fingerprint density at radius 3 is 2.35 bits per heavy atom. The molecule has 0 radical (unpaired) electrons. The van der Waals surface area contributed by atoms with E-state index in [4.69, 9.17) is 9.84 Å². The molecule has 0 aliphatic carbocycles. The van der Waals surface area contributed by atoms with Crippen molar-refractivity contribution >= 4 is 53.8 Å². The monoisotopic (exact) mass is 426 g/mol. The van der Waals surface area contributed by atoms with E-state index in [2.05, 4.69) is 47.8 Å². The fraction of sp³-hybridized carbons (Fsp3) is 0.182. The first-order valence-corrected chi connectivity index (χ1v) is 6.95. The van der Waals surface area contributed by atoms with Crippen LogP contribution in [0.15, 0.2) is 37.2 Å². The molecule has 0 heterocycles. The van der Waals surface area contributed by atoms with Gasteiger partial charge in [0.15, 0.2) is 0 Å². The van der Waals surface area contributed by atoms with Gasteiger partial charge in [-0.25, -0.2) is 4.79 Å². The lowest BCUT2D eigenvalue weighted by molar-refractivity contribution is -0.131. The molecule has 0 saturated heterocycles. The minimum absolute atomic E-state index is 0.227. The minimum Gasteiger partial charge on any atom is -0.487 e. The molecule has 0 aliphatic rings. The van der Waals surface area contributed by atoms with Crippen LogP contribution < -0.4 is 4.74 Å². The number of carboxylic acid groups (broad SMARTS) is 1. The Hall–Kier alpha value is -0.330. The van der Waals surface area contributed by atoms with Gasteiger partial charge in [0.1, 0.15) is 12.4 Å². The third kappa shape index (κ3) is 4.81. The maximum atomic E-state index is 10.4. The first-order valence-electron chi connectivity index (χ1n) is 4.57. The number of aliphatic carboxylic acids is 1. The van der Waals surface area contributed by atoms with Gasteiger partial charge in [0, 0.05) is 10.5 Å². The first-order chi connectivity index (χ1) is 7.90. The van der Waals surface area contributed by atoms with E-state index in [0.29, 0.717) is 11.3 Å². The average Bonchev–Trinajstić information content (AvgIpc) is 2.14. The van der Waals surface area contributed by atoms with E-state index >= 15 is 0 Å². The van der Waals surface area contributed by atoms with E-state index in [0.717, 1.165) is 19.5 Å². The van der Waals surface area contributed by atoms with Gasteiger partial charge in [-0.2, -0.15) is 0 Å². The van der Waals surface area contributed by atoms with Gasteiger partial charge >= 0.3 is 5.97 Å². The normalized spacial score (nSPS) is 11.4. The molecule has 0 fully saturated rings. The van der Waals surface area contributed by atoms with E-state index in [9.17, 15) is 4.79 Å². The van der Waals surface area contributed by atoms with Crippen LogP contribution in [0.1, 0.15) is 6.92 Å². The van der Waals surface area contributed by atoms with E-state index in [1.54, 1.807) is 6.92 Å². The van der Waals surface area contributed by atoms with Crippen molar-refractivity contribution in [3.63, 3.8) is 0 Å². The van der Waals surface area contributed by atoms with E-state index < -0.39 is 5.97 Å². The lowest BCUT2D eigenvalue weighted by Gasteiger charge is -2.10. The number of benzene rings is 1. The highest BCUT2D eigenvalue weighted by molar-refractivity contribution is 9.11. The molecule has 1 aromatic rings. The molecule has 3 nitrogen and oxygen atoms in total. The van der Waals surface area contributed by atoms with Gasteiger partial charge in [-0.1, -0.05) is 15.9 Å². The number of carbonyl (C=O) groups is 1. The summed E-state index contributed by atoms with van der Waals surface area (Å²) in [6.45, 7) is 1.93. The van der Waals surface area contributed by atoms with Gasteiger partial charge in [0.25, 0.3) is 0 Å². The predicted octanol–water partition coefficient (Wildman–Crippen LogP) is 4.38. The summed E-state index contributed by atoms with van der Waals surface area (Å²) in [4.78, 5) is 10.4. The third-order valence-electron chi connectivity index (χ3n) is 1.78. The Morgan fingerprint density at radius 1 is 1.35 bits per heavy atom. The molecule has 0 unspecified atom stereocenters. The Balaban J connectivity index is 2.80. The summed E-state index contributed by atoms with van der Waals surface area (Å²) in [5, 5.41) is 8.57. The topological polar surface area (TPSA) is 46.5 Å². The van der Waals surface area contributed by atoms with Crippen molar-refractivity contribution < 1.29 is 14.6 Å². The van der Waals surface area contributed by atoms with Crippen LogP contribution in [-0.2, 0) is 4.79 Å². The summed E-state index contributed by atoms with van der Waals surface area (Å²) in [6.07, 6.45) is 1.13. The van der Waals surface area contributed by atoms with Gasteiger partial charge in [-0.05, 0) is 56.5 Å². The molecule has 0 aliphatic heterocycles. The maximum Gasteiger partial charge on any atom is 0.328 e. The van der Waals surface area contributed by atoms with Crippen molar-refractivity contribution in [3.05, 3.63) is 37.2 Å². The van der Waals surface area contributed by atoms with Crippen LogP contribution in [0, 0.1) is 0 Å². The van der Waals surface area contributed by atoms with Crippen LogP contribution in [0.2, 0.25) is 0 Å². The first kappa shape index (κ1) is 14.7. The quantitative estimate of drug-likeness (QED) is 0.724. The molecule has 0 amide bonds. The number of carboxylic acids is 1. The minimum atomic E-state index is -0.972. The lowest BCUT2D eigenvalue weighted by Crippen LogP contribution is -2.02. The Labute approximate surface area is 124 Å². The average molecular weight is 429 g/mol. The molecule has 92 valence electrons. The van der Waals surface area contributed by atoms with Gasteiger partial charge < -0.3 is 9.84 Å². The Kier molecular flexibility index (Phi) is 5.69. The van der Waals surface area contributed by atoms with Crippen molar-refractivity contribution in [3.8, 4) is 5.75 Å². The molecular formula is C11H9Br3O3. The predicted molar refractivity (Wildman–Crippen MR) is 76.4 cm³/mol. The lowest BCUT2D eigenvalue weighted by atomic mass is 10.3. The molecule has 17 heavy (non-hydrogen) atoms. The second kappa shape index (κ2) is 6.56. The molecule has 1 N–H and O–H groups in total. The largest absolute Gasteiger partial charge is 0.487 e. The highest BCUT2D eigenvalue weighted by Crippen LogP contribution is 2.36. The highest BCUT2D eigenvalue weighted by atomic mass is 79.9. The molecule has 6 heteroatoms. The number of halogens is 3. The van der Waals surface area contributed by atoms with Crippen molar-refractivity contribution in [2.24, 2.45) is 0 Å². The molecule has 0 bridgehead atoms. The standard InChI is InChI=1S/C11H9Br3O3/c1-6(2-10(15)16)5-17-11-8(13)3-7(12)4-9(11)14/h2-4H,5H2,1H3,(H,15,16)/b6-2+. The molecule has 1 aromatic carbocycles. The van der Waals surface area contributed by atoms with Crippen LogP contribution >= 0.6 is 47.8 Å². The third-order valence-corrected chi connectivity index (χ3v) is 3.41. The summed E-state index contributed by atoms with van der Waals surface area (Å²) in [6, 6.07) is 3.71. The van der Waals surface area contributed by atoms with Crippen molar-refractivity contribution in [1.29, 1.82) is 0 Å². The van der Waals surface area contributed by atoms with Gasteiger partial charge in [-0.15, -0.1) is 0 Å². The summed E-state index contributed by atoms with van der Waals surface area (Å²) in [5.41, 5.74) is 0.638. The maximum absolute atomic E-state index is 10.4. The molecule has 1 rings (SSSR count). The second-order valence-electron chi connectivity index (χ2n) is 3.32. The zero-order valence-corrected chi connectivity index (χ0v) is 13.6. The van der Waals surface area contributed by atoms with Gasteiger partial charge in [0.2, 0.25) is 0 Å². The zero-order valence-electron chi connectivity index (χ0n) is 8.84. The highest BCUT2D eigenvalue weighted by Gasteiger charge is 2.08. The second-order valence-corrected chi connectivity index (χ2v) is 5.94. The van der Waals surface area contributed by atoms with Gasteiger partial charge in [-0.3, -0.25) is 0 Å². The van der Waals surface area contributed by atoms with Crippen LogP contribution in [0.25, 0.3) is 0 Å². The smallest absolute Gasteiger partial charge is 0.328 e. The van der Waals surface area contributed by atoms with Crippen LogP contribution in [0.3, 0.4) is 0 Å². The van der Waals surface area contributed by atoms with E-state index in [1.165, 1.54) is 0 Å². The fourth-order valence-electron chi connectivity index (χ4n) is 1.11. The zero-order chi connectivity index (χ0) is 13.0. The van der Waals surface area contributed by atoms with Crippen LogP contribution in [0.5, 0.6) is 5.75 Å². The van der Waals surface area contributed by atoms with E-state index in [-0.39, 0.29) is 6.61 Å². The Morgan fingerprint density at radius 2 is 1.88 bits per heavy atom. The SMILES string of the molecule is C/C(=C\C(=O)O)COc1c(Br)cc(Br)cc1Br. The molecule has 0 saturated carbocycles. The summed E-state index contributed by atoms with van der Waals surface area (Å²) < 4.78 is 8.04. The van der Waals surface area contributed by atoms with Crippen molar-refractivity contribution in [1.82, 2.24) is 0 Å². The van der Waals surface area contributed by atoms with Crippen molar-refractivity contribution in [2.75, 3.05) is 6.61 Å². The van der Waals surface area contributed by atoms with E-state index in [1.807, 2.05) is 12.1 Å².